The second kappa shape index (κ2) is 5.92. The van der Waals surface area contributed by atoms with Gasteiger partial charge >= 0.3 is 0 Å². The van der Waals surface area contributed by atoms with Gasteiger partial charge in [0, 0.05) is 17.1 Å². The Morgan fingerprint density at radius 3 is 2.78 bits per heavy atom. The number of anilines is 1. The third-order valence-corrected chi connectivity index (χ3v) is 3.44. The number of fused-ring (bicyclic) bond motifs is 1. The van der Waals surface area contributed by atoms with Gasteiger partial charge in [-0.3, -0.25) is 9.59 Å². The number of rotatable bonds is 3. The normalized spacial score (nSPS) is 10.5. The summed E-state index contributed by atoms with van der Waals surface area (Å²) in [6, 6.07) is 10.6. The fourth-order valence-corrected chi connectivity index (χ4v) is 2.30. The van der Waals surface area contributed by atoms with Gasteiger partial charge in [-0.25, -0.2) is 4.39 Å². The Labute approximate surface area is 130 Å². The number of nitrogens with one attached hydrogen (secondary N) is 2. The van der Waals surface area contributed by atoms with Crippen LogP contribution < -0.4 is 15.5 Å². The van der Waals surface area contributed by atoms with Crippen LogP contribution in [0.15, 0.2) is 53.5 Å². The number of carbonyl (C=O) groups excluding carboxylic acids is 1. The molecule has 0 saturated carbocycles. The van der Waals surface area contributed by atoms with Crippen molar-refractivity contribution in [1.82, 2.24) is 4.98 Å². The van der Waals surface area contributed by atoms with Crippen molar-refractivity contribution in [2.45, 2.75) is 0 Å². The first-order valence-corrected chi connectivity index (χ1v) is 6.85. The molecule has 0 aliphatic carbocycles. The van der Waals surface area contributed by atoms with Crippen molar-refractivity contribution in [3.63, 3.8) is 0 Å². The molecule has 0 bridgehead atoms. The lowest BCUT2D eigenvalue weighted by atomic mass is 10.1. The molecule has 5 nitrogen and oxygen atoms in total. The lowest BCUT2D eigenvalue weighted by Gasteiger charge is -2.09. The molecule has 6 heteroatoms. The molecule has 0 fully saturated rings. The number of ether oxygens (including phenoxy) is 1. The number of para-hydroxylation sites is 2. The van der Waals surface area contributed by atoms with Crippen molar-refractivity contribution in [1.29, 1.82) is 0 Å². The summed E-state index contributed by atoms with van der Waals surface area (Å²) in [4.78, 5) is 27.6. The number of hydrogen-bond donors (Lipinski definition) is 2. The molecule has 0 aliphatic heterocycles. The highest BCUT2D eigenvalue weighted by Gasteiger charge is 2.15. The molecule has 2 aromatic carbocycles. The second-order valence-corrected chi connectivity index (χ2v) is 4.88. The van der Waals surface area contributed by atoms with Crippen LogP contribution in [0, 0.1) is 5.82 Å². The maximum Gasteiger partial charge on any atom is 0.261 e. The van der Waals surface area contributed by atoms with Crippen molar-refractivity contribution < 1.29 is 13.9 Å². The molecular weight excluding hydrogens is 299 g/mol. The summed E-state index contributed by atoms with van der Waals surface area (Å²) in [5.41, 5.74) is 0.267. The highest BCUT2D eigenvalue weighted by Crippen LogP contribution is 2.23. The Morgan fingerprint density at radius 2 is 2.00 bits per heavy atom. The zero-order valence-corrected chi connectivity index (χ0v) is 12.2. The molecule has 0 atom stereocenters. The van der Waals surface area contributed by atoms with E-state index in [-0.39, 0.29) is 10.9 Å². The summed E-state index contributed by atoms with van der Waals surface area (Å²) in [5.74, 6) is -0.656. The molecule has 2 N–H and O–H groups in total. The monoisotopic (exact) mass is 312 g/mol. The molecule has 23 heavy (non-hydrogen) atoms. The van der Waals surface area contributed by atoms with Crippen LogP contribution in [-0.4, -0.2) is 18.0 Å². The first-order chi connectivity index (χ1) is 11.1. The van der Waals surface area contributed by atoms with Gasteiger partial charge < -0.3 is 15.0 Å². The van der Waals surface area contributed by atoms with Gasteiger partial charge in [-0.05, 0) is 30.3 Å². The molecule has 0 radical (unpaired) electrons. The molecule has 0 saturated heterocycles. The number of carbonyl (C=O) groups is 1. The molecule has 0 spiro atoms. The Morgan fingerprint density at radius 1 is 1.22 bits per heavy atom. The first-order valence-electron chi connectivity index (χ1n) is 6.85. The molecule has 1 amide bonds. The molecule has 116 valence electrons. The van der Waals surface area contributed by atoms with Crippen LogP contribution in [0.5, 0.6) is 5.75 Å². The number of methoxy groups -OCH3 is 1. The van der Waals surface area contributed by atoms with Crippen molar-refractivity contribution in [2.75, 3.05) is 12.4 Å². The number of aromatic amines is 1. The quantitative estimate of drug-likeness (QED) is 0.781. The van der Waals surface area contributed by atoms with Crippen LogP contribution in [0.3, 0.4) is 0 Å². The van der Waals surface area contributed by atoms with Gasteiger partial charge in [-0.1, -0.05) is 12.1 Å². The second-order valence-electron chi connectivity index (χ2n) is 4.88. The van der Waals surface area contributed by atoms with Crippen LogP contribution in [-0.2, 0) is 0 Å². The number of aromatic nitrogens is 1. The Bertz CT molecular complexity index is 950. The topological polar surface area (TPSA) is 71.2 Å². The van der Waals surface area contributed by atoms with E-state index in [1.807, 2.05) is 0 Å². The molecule has 1 aromatic heterocycles. The van der Waals surface area contributed by atoms with Crippen molar-refractivity contribution in [3.8, 4) is 5.75 Å². The lowest BCUT2D eigenvalue weighted by Crippen LogP contribution is -2.22. The standard InChI is InChI=1S/C17H13FN2O3/c1-23-15-5-3-2-4-14(15)20-17(22)12-9-19-13-7-6-10(18)8-11(13)16(12)21/h2-9H,1H3,(H,19,21)(H,20,22). The number of pyridine rings is 1. The van der Waals surface area contributed by atoms with Crippen molar-refractivity contribution >= 4 is 22.5 Å². The molecule has 0 aliphatic rings. The Hall–Kier alpha value is -3.15. The van der Waals surface area contributed by atoms with Crippen LogP contribution in [0.1, 0.15) is 10.4 Å². The lowest BCUT2D eigenvalue weighted by molar-refractivity contribution is 0.102. The third kappa shape index (κ3) is 2.78. The van der Waals surface area contributed by atoms with Gasteiger partial charge in [0.05, 0.1) is 12.8 Å². The van der Waals surface area contributed by atoms with Gasteiger partial charge in [0.1, 0.15) is 17.1 Å². The van der Waals surface area contributed by atoms with E-state index in [9.17, 15) is 14.0 Å². The van der Waals surface area contributed by atoms with Crippen LogP contribution >= 0.6 is 0 Å². The summed E-state index contributed by atoms with van der Waals surface area (Å²) in [6.07, 6.45) is 1.31. The predicted molar refractivity (Wildman–Crippen MR) is 85.5 cm³/mol. The summed E-state index contributed by atoms with van der Waals surface area (Å²) >= 11 is 0. The van der Waals surface area contributed by atoms with E-state index in [0.29, 0.717) is 17.0 Å². The highest BCUT2D eigenvalue weighted by molar-refractivity contribution is 6.06. The van der Waals surface area contributed by atoms with Crippen LogP contribution in [0.2, 0.25) is 0 Å². The van der Waals surface area contributed by atoms with E-state index in [1.54, 1.807) is 24.3 Å². The fourth-order valence-electron chi connectivity index (χ4n) is 2.30. The molecule has 3 rings (SSSR count). The highest BCUT2D eigenvalue weighted by atomic mass is 19.1. The largest absolute Gasteiger partial charge is 0.495 e. The molecule has 1 heterocycles. The van der Waals surface area contributed by atoms with Gasteiger partial charge in [-0.15, -0.1) is 0 Å². The number of H-pyrrole nitrogens is 1. The van der Waals surface area contributed by atoms with Gasteiger partial charge in [0.25, 0.3) is 5.91 Å². The third-order valence-electron chi connectivity index (χ3n) is 3.44. The van der Waals surface area contributed by atoms with Gasteiger partial charge in [0.2, 0.25) is 5.43 Å². The van der Waals surface area contributed by atoms with E-state index in [4.69, 9.17) is 4.74 Å². The summed E-state index contributed by atoms with van der Waals surface area (Å²) in [5, 5.41) is 2.74. The minimum absolute atomic E-state index is 0.103. The van der Waals surface area contributed by atoms with Crippen molar-refractivity contribution in [2.24, 2.45) is 0 Å². The maximum atomic E-state index is 13.3. The average Bonchev–Trinajstić information content (AvgIpc) is 2.56. The summed E-state index contributed by atoms with van der Waals surface area (Å²) in [6.45, 7) is 0. The van der Waals surface area contributed by atoms with E-state index < -0.39 is 17.2 Å². The van der Waals surface area contributed by atoms with Crippen LogP contribution in [0.25, 0.3) is 10.9 Å². The zero-order valence-electron chi connectivity index (χ0n) is 12.2. The average molecular weight is 312 g/mol. The number of hydrogen-bond acceptors (Lipinski definition) is 3. The first kappa shape index (κ1) is 14.8. The van der Waals surface area contributed by atoms with Gasteiger partial charge in [0.15, 0.2) is 0 Å². The van der Waals surface area contributed by atoms with E-state index in [0.717, 1.165) is 6.07 Å². The van der Waals surface area contributed by atoms with Crippen molar-refractivity contribution in [3.05, 3.63) is 70.3 Å². The number of benzene rings is 2. The zero-order chi connectivity index (χ0) is 16.4. The minimum atomic E-state index is -0.595. The Balaban J connectivity index is 2.01. The smallest absolute Gasteiger partial charge is 0.261 e. The van der Waals surface area contributed by atoms with E-state index in [1.165, 1.54) is 25.4 Å². The van der Waals surface area contributed by atoms with Gasteiger partial charge in [-0.2, -0.15) is 0 Å². The number of amides is 1. The summed E-state index contributed by atoms with van der Waals surface area (Å²) < 4.78 is 18.5. The SMILES string of the molecule is COc1ccccc1NC(=O)c1c[nH]c2ccc(F)cc2c1=O. The number of halogens is 1. The minimum Gasteiger partial charge on any atom is -0.495 e. The van der Waals surface area contributed by atoms with E-state index >= 15 is 0 Å². The maximum absolute atomic E-state index is 13.3. The molecular formula is C17H13FN2O3. The molecule has 0 unspecified atom stereocenters. The fraction of sp³-hybridized carbons (Fsp3) is 0.0588. The van der Waals surface area contributed by atoms with Crippen LogP contribution in [0.4, 0.5) is 10.1 Å². The van der Waals surface area contributed by atoms with E-state index in [2.05, 4.69) is 10.3 Å². The molecule has 3 aromatic rings. The Kier molecular flexibility index (Phi) is 3.80. The summed E-state index contributed by atoms with van der Waals surface area (Å²) in [7, 11) is 1.48. The predicted octanol–water partition coefficient (Wildman–Crippen LogP) is 2.93.